The summed E-state index contributed by atoms with van der Waals surface area (Å²) in [4.78, 5) is 31.2. The summed E-state index contributed by atoms with van der Waals surface area (Å²) in [5, 5.41) is 11.5. The van der Waals surface area contributed by atoms with E-state index < -0.39 is 12.2 Å². The van der Waals surface area contributed by atoms with Crippen molar-refractivity contribution in [2.75, 3.05) is 6.54 Å². The molecule has 8 nitrogen and oxygen atoms in total. The Morgan fingerprint density at radius 1 is 1.03 bits per heavy atom. The Labute approximate surface area is 195 Å². The van der Waals surface area contributed by atoms with E-state index in [2.05, 4.69) is 20.5 Å². The Hall–Kier alpha value is -4.14. The second-order valence-electron chi connectivity index (χ2n) is 8.32. The fourth-order valence-corrected chi connectivity index (χ4v) is 4.33. The third-order valence-corrected chi connectivity index (χ3v) is 6.08. The van der Waals surface area contributed by atoms with Gasteiger partial charge in [0.05, 0.1) is 18.9 Å². The zero-order chi connectivity index (χ0) is 23.5. The average molecular weight is 458 g/mol. The van der Waals surface area contributed by atoms with E-state index in [1.807, 2.05) is 41.1 Å². The van der Waals surface area contributed by atoms with Crippen molar-refractivity contribution in [1.82, 2.24) is 30.0 Å². The molecule has 1 saturated heterocycles. The van der Waals surface area contributed by atoms with Crippen molar-refractivity contribution in [2.24, 2.45) is 0 Å². The van der Waals surface area contributed by atoms with Crippen molar-refractivity contribution < 1.29 is 14.0 Å². The molecule has 34 heavy (non-hydrogen) atoms. The Morgan fingerprint density at radius 2 is 1.88 bits per heavy atom. The molecule has 2 atom stereocenters. The molecule has 0 aliphatic carbocycles. The highest BCUT2D eigenvalue weighted by Gasteiger charge is 2.39. The van der Waals surface area contributed by atoms with Crippen LogP contribution >= 0.6 is 0 Å². The third kappa shape index (κ3) is 4.50. The lowest BCUT2D eigenvalue weighted by Gasteiger charge is -2.24. The number of alkyl halides is 1. The minimum absolute atomic E-state index is 0.00364. The van der Waals surface area contributed by atoms with E-state index in [1.54, 1.807) is 36.9 Å². The van der Waals surface area contributed by atoms with Gasteiger partial charge >= 0.3 is 0 Å². The van der Waals surface area contributed by atoms with E-state index in [-0.39, 0.29) is 31.3 Å². The molecule has 1 aliphatic rings. The fraction of sp³-hybridized carbons (Fsp3) is 0.240. The first-order chi connectivity index (χ1) is 16.6. The van der Waals surface area contributed by atoms with E-state index in [0.29, 0.717) is 6.54 Å². The number of nitrogens with one attached hydrogen (secondary N) is 1. The van der Waals surface area contributed by atoms with Gasteiger partial charge < -0.3 is 14.8 Å². The number of fused-ring (bicyclic) bond motifs is 1. The molecule has 0 saturated carbocycles. The van der Waals surface area contributed by atoms with Gasteiger partial charge in [0.25, 0.3) is 0 Å². The number of rotatable bonds is 6. The van der Waals surface area contributed by atoms with Gasteiger partial charge in [0, 0.05) is 48.0 Å². The van der Waals surface area contributed by atoms with E-state index in [9.17, 15) is 14.0 Å². The summed E-state index contributed by atoms with van der Waals surface area (Å²) in [6.07, 6.45) is 7.23. The van der Waals surface area contributed by atoms with Crippen LogP contribution in [0.25, 0.3) is 22.0 Å². The Balaban J connectivity index is 1.29. The molecule has 0 spiro atoms. The molecule has 4 heterocycles. The maximum atomic E-state index is 14.2. The highest BCUT2D eigenvalue weighted by molar-refractivity contribution is 5.90. The Kier molecular flexibility index (Phi) is 5.99. The summed E-state index contributed by atoms with van der Waals surface area (Å²) < 4.78 is 16.1. The zero-order valence-electron chi connectivity index (χ0n) is 18.3. The second-order valence-corrected chi connectivity index (χ2v) is 8.32. The number of amides is 2. The fourth-order valence-electron chi connectivity index (χ4n) is 4.33. The second kappa shape index (κ2) is 9.38. The van der Waals surface area contributed by atoms with Gasteiger partial charge in [-0.15, -0.1) is 0 Å². The summed E-state index contributed by atoms with van der Waals surface area (Å²) in [5.74, 6) is -0.637. The van der Waals surface area contributed by atoms with Gasteiger partial charge in [-0.25, -0.2) is 4.39 Å². The van der Waals surface area contributed by atoms with Crippen LogP contribution in [0.1, 0.15) is 12.0 Å². The van der Waals surface area contributed by atoms with Crippen LogP contribution in [0.15, 0.2) is 73.4 Å². The molecule has 172 valence electrons. The first-order valence-corrected chi connectivity index (χ1v) is 11.0. The molecule has 1 aromatic carbocycles. The molecule has 0 radical (unpaired) electrons. The highest BCUT2D eigenvalue weighted by atomic mass is 19.1. The zero-order valence-corrected chi connectivity index (χ0v) is 18.3. The van der Waals surface area contributed by atoms with Gasteiger partial charge in [-0.05, 0) is 47.5 Å². The lowest BCUT2D eigenvalue weighted by Crippen LogP contribution is -2.46. The first kappa shape index (κ1) is 21.7. The van der Waals surface area contributed by atoms with Crippen LogP contribution in [0.3, 0.4) is 0 Å². The third-order valence-electron chi connectivity index (χ3n) is 6.08. The number of hydrogen-bond acceptors (Lipinski definition) is 5. The van der Waals surface area contributed by atoms with Crippen molar-refractivity contribution in [3.05, 3.63) is 79.0 Å². The Morgan fingerprint density at radius 3 is 2.68 bits per heavy atom. The maximum Gasteiger partial charge on any atom is 0.243 e. The standard InChI is InChI=1S/C25H23FN6O2/c26-21-12-23(25(34)28-13-17-3-7-27-8-4-17)32(15-21)24(33)16-31-10-6-19-11-18(1-2-22(19)31)20-5-9-29-30-14-20/h1-11,14,21,23H,12-13,15-16H2,(H,28,34). The van der Waals surface area contributed by atoms with E-state index in [0.717, 1.165) is 27.6 Å². The largest absolute Gasteiger partial charge is 0.350 e. The average Bonchev–Trinajstić information content (AvgIpc) is 3.46. The van der Waals surface area contributed by atoms with E-state index in [1.165, 1.54) is 4.90 Å². The van der Waals surface area contributed by atoms with Gasteiger partial charge in [0.1, 0.15) is 18.8 Å². The number of nitrogens with zero attached hydrogens (tertiary/aromatic N) is 5. The van der Waals surface area contributed by atoms with Crippen molar-refractivity contribution in [3.8, 4) is 11.1 Å². The lowest BCUT2D eigenvalue weighted by molar-refractivity contribution is -0.138. The molecule has 4 aromatic rings. The van der Waals surface area contributed by atoms with Crippen molar-refractivity contribution >= 4 is 22.7 Å². The SMILES string of the molecule is O=C(NCc1ccncc1)C1CC(F)CN1C(=O)Cn1ccc2cc(-c3ccnnc3)ccc21. The Bertz CT molecular complexity index is 1310. The summed E-state index contributed by atoms with van der Waals surface area (Å²) in [7, 11) is 0. The quantitative estimate of drug-likeness (QED) is 0.480. The predicted octanol–water partition coefficient (Wildman–Crippen LogP) is 2.75. The molecule has 1 N–H and O–H groups in total. The molecule has 5 rings (SSSR count). The highest BCUT2D eigenvalue weighted by Crippen LogP contribution is 2.26. The number of likely N-dealkylation sites (tertiary alicyclic amines) is 1. The number of carbonyl (C=O) groups excluding carboxylic acids is 2. The van der Waals surface area contributed by atoms with Crippen LogP contribution in [0.4, 0.5) is 4.39 Å². The van der Waals surface area contributed by atoms with Crippen LogP contribution in [-0.4, -0.2) is 55.2 Å². The van der Waals surface area contributed by atoms with Gasteiger partial charge in [-0.1, -0.05) is 6.07 Å². The van der Waals surface area contributed by atoms with Crippen molar-refractivity contribution in [3.63, 3.8) is 0 Å². The topological polar surface area (TPSA) is 93.0 Å². The number of hydrogen-bond donors (Lipinski definition) is 1. The minimum Gasteiger partial charge on any atom is -0.350 e. The molecular formula is C25H23FN6O2. The minimum atomic E-state index is -1.22. The van der Waals surface area contributed by atoms with Crippen LogP contribution in [0.2, 0.25) is 0 Å². The summed E-state index contributed by atoms with van der Waals surface area (Å²) in [6, 6.07) is 12.5. The lowest BCUT2D eigenvalue weighted by atomic mass is 10.1. The molecule has 2 unspecified atom stereocenters. The number of benzene rings is 1. The van der Waals surface area contributed by atoms with Gasteiger partial charge in [-0.2, -0.15) is 10.2 Å². The van der Waals surface area contributed by atoms with Crippen LogP contribution in [-0.2, 0) is 22.7 Å². The van der Waals surface area contributed by atoms with Gasteiger partial charge in [0.15, 0.2) is 0 Å². The summed E-state index contributed by atoms with van der Waals surface area (Å²) in [6.45, 7) is 0.249. The van der Waals surface area contributed by atoms with Crippen LogP contribution < -0.4 is 5.32 Å². The summed E-state index contributed by atoms with van der Waals surface area (Å²) >= 11 is 0. The van der Waals surface area contributed by atoms with E-state index >= 15 is 0 Å². The molecule has 9 heteroatoms. The maximum absolute atomic E-state index is 14.2. The first-order valence-electron chi connectivity index (χ1n) is 11.0. The van der Waals surface area contributed by atoms with E-state index in [4.69, 9.17) is 0 Å². The van der Waals surface area contributed by atoms with Gasteiger partial charge in [0.2, 0.25) is 11.8 Å². The predicted molar refractivity (Wildman–Crippen MR) is 124 cm³/mol. The van der Waals surface area contributed by atoms with Crippen molar-refractivity contribution in [1.29, 1.82) is 0 Å². The number of aromatic nitrogens is 4. The molecular weight excluding hydrogens is 435 g/mol. The summed E-state index contributed by atoms with van der Waals surface area (Å²) in [5.41, 5.74) is 3.72. The smallest absolute Gasteiger partial charge is 0.243 e. The number of carbonyl (C=O) groups is 2. The molecule has 1 fully saturated rings. The monoisotopic (exact) mass is 458 g/mol. The van der Waals surface area contributed by atoms with Crippen molar-refractivity contribution in [2.45, 2.75) is 31.7 Å². The van der Waals surface area contributed by atoms with Crippen LogP contribution in [0, 0.1) is 0 Å². The van der Waals surface area contributed by atoms with Crippen LogP contribution in [0.5, 0.6) is 0 Å². The molecule has 0 bridgehead atoms. The number of pyridine rings is 1. The molecule has 1 aliphatic heterocycles. The number of halogens is 1. The molecule has 3 aromatic heterocycles. The van der Waals surface area contributed by atoms with Gasteiger partial charge in [-0.3, -0.25) is 14.6 Å². The normalized spacial score (nSPS) is 17.7. The molecule has 2 amide bonds.